The number of aromatic carboxylic acids is 1. The van der Waals surface area contributed by atoms with Crippen LogP contribution >= 0.6 is 0 Å². The highest BCUT2D eigenvalue weighted by molar-refractivity contribution is 5.93. The van der Waals surface area contributed by atoms with Gasteiger partial charge >= 0.3 is 12.1 Å². The second-order valence-electron chi connectivity index (χ2n) is 7.08. The van der Waals surface area contributed by atoms with E-state index in [4.69, 9.17) is 4.74 Å². The average Bonchev–Trinajstić information content (AvgIpc) is 2.89. The van der Waals surface area contributed by atoms with E-state index in [0.717, 1.165) is 6.42 Å². The molecular weight excluding hydrogens is 300 g/mol. The second kappa shape index (κ2) is 5.43. The third-order valence-corrected chi connectivity index (χ3v) is 4.22. The monoisotopic (exact) mass is 322 g/mol. The molecule has 8 nitrogen and oxygen atoms in total. The van der Waals surface area contributed by atoms with Gasteiger partial charge in [-0.3, -0.25) is 0 Å². The minimum Gasteiger partial charge on any atom is -0.477 e. The molecule has 0 spiro atoms. The summed E-state index contributed by atoms with van der Waals surface area (Å²) >= 11 is 0. The summed E-state index contributed by atoms with van der Waals surface area (Å²) < 4.78 is 7.18. The number of nitrogens with one attached hydrogen (secondary N) is 1. The summed E-state index contributed by atoms with van der Waals surface area (Å²) in [6, 6.07) is 0.109. The van der Waals surface area contributed by atoms with Gasteiger partial charge in [-0.15, -0.1) is 0 Å². The van der Waals surface area contributed by atoms with Crippen LogP contribution in [-0.4, -0.2) is 57.1 Å². The van der Waals surface area contributed by atoms with Gasteiger partial charge in [0, 0.05) is 25.6 Å². The number of hydrogen-bond donors (Lipinski definition) is 2. The van der Waals surface area contributed by atoms with E-state index in [2.05, 4.69) is 10.4 Å². The predicted molar refractivity (Wildman–Crippen MR) is 82.6 cm³/mol. The molecule has 1 aromatic heterocycles. The van der Waals surface area contributed by atoms with Crippen molar-refractivity contribution in [1.29, 1.82) is 0 Å². The molecule has 1 fully saturated rings. The Morgan fingerprint density at radius 1 is 1.43 bits per heavy atom. The first-order valence-corrected chi connectivity index (χ1v) is 7.79. The Morgan fingerprint density at radius 2 is 2.17 bits per heavy atom. The summed E-state index contributed by atoms with van der Waals surface area (Å²) in [4.78, 5) is 25.1. The number of ether oxygens (including phenoxy) is 1. The molecule has 2 N–H and O–H groups in total. The summed E-state index contributed by atoms with van der Waals surface area (Å²) in [6.07, 6.45) is 1.82. The first kappa shape index (κ1) is 15.6. The SMILES string of the molecule is CC(C)(C)OC(=O)N1CCC2C(CNc3c(C(=O)O)cnn32)C1. The Balaban J connectivity index is 1.73. The van der Waals surface area contributed by atoms with Gasteiger partial charge in [-0.1, -0.05) is 0 Å². The maximum absolute atomic E-state index is 12.2. The Labute approximate surface area is 134 Å². The number of hydrogen-bond acceptors (Lipinski definition) is 5. The molecule has 1 saturated heterocycles. The van der Waals surface area contributed by atoms with Gasteiger partial charge in [0.05, 0.1) is 12.2 Å². The number of carbonyl (C=O) groups is 2. The van der Waals surface area contributed by atoms with Gasteiger partial charge in [0.25, 0.3) is 0 Å². The highest BCUT2D eigenvalue weighted by atomic mass is 16.6. The van der Waals surface area contributed by atoms with Crippen molar-refractivity contribution in [2.45, 2.75) is 38.8 Å². The fourth-order valence-corrected chi connectivity index (χ4v) is 3.21. The summed E-state index contributed by atoms with van der Waals surface area (Å²) in [6.45, 7) is 7.33. The fraction of sp³-hybridized carbons (Fsp3) is 0.667. The lowest BCUT2D eigenvalue weighted by atomic mass is 9.90. The third kappa shape index (κ3) is 2.97. The van der Waals surface area contributed by atoms with Crippen LogP contribution < -0.4 is 5.32 Å². The zero-order valence-corrected chi connectivity index (χ0v) is 13.6. The molecule has 23 heavy (non-hydrogen) atoms. The first-order valence-electron chi connectivity index (χ1n) is 7.79. The summed E-state index contributed by atoms with van der Waals surface area (Å²) in [5.74, 6) is -0.238. The number of fused-ring (bicyclic) bond motifs is 3. The normalized spacial score (nSPS) is 23.5. The number of piperidine rings is 1. The lowest BCUT2D eigenvalue weighted by Crippen LogP contribution is -2.50. The molecular formula is C15H22N4O4. The van der Waals surface area contributed by atoms with Crippen molar-refractivity contribution in [3.8, 4) is 0 Å². The zero-order valence-electron chi connectivity index (χ0n) is 13.6. The topological polar surface area (TPSA) is 96.7 Å². The van der Waals surface area contributed by atoms with Crippen LogP contribution in [0, 0.1) is 5.92 Å². The van der Waals surface area contributed by atoms with Crippen LogP contribution in [0.3, 0.4) is 0 Å². The molecule has 1 aromatic rings. The van der Waals surface area contributed by atoms with Gasteiger partial charge in [-0.2, -0.15) is 5.10 Å². The average molecular weight is 322 g/mol. The molecule has 2 unspecified atom stereocenters. The van der Waals surface area contributed by atoms with Gasteiger partial charge in [0.2, 0.25) is 0 Å². The van der Waals surface area contributed by atoms with Gasteiger partial charge in [0.15, 0.2) is 0 Å². The predicted octanol–water partition coefficient (Wildman–Crippen LogP) is 1.80. The Hall–Kier alpha value is -2.25. The van der Waals surface area contributed by atoms with E-state index >= 15 is 0 Å². The van der Waals surface area contributed by atoms with Gasteiger partial charge < -0.3 is 20.1 Å². The van der Waals surface area contributed by atoms with E-state index in [0.29, 0.717) is 25.5 Å². The van der Waals surface area contributed by atoms with E-state index in [1.165, 1.54) is 6.20 Å². The standard InChI is InChI=1S/C15H22N4O4/c1-15(2,3)23-14(22)18-5-4-11-9(8-18)6-16-12-10(13(20)21)7-17-19(11)12/h7,9,11,16H,4-6,8H2,1-3H3,(H,20,21). The number of rotatable bonds is 1. The van der Waals surface area contributed by atoms with E-state index in [1.54, 1.807) is 9.58 Å². The second-order valence-corrected chi connectivity index (χ2v) is 7.08. The molecule has 0 aliphatic carbocycles. The van der Waals surface area contributed by atoms with Crippen molar-refractivity contribution in [3.05, 3.63) is 11.8 Å². The van der Waals surface area contributed by atoms with Crippen LogP contribution in [0.5, 0.6) is 0 Å². The van der Waals surface area contributed by atoms with Crippen molar-refractivity contribution in [2.75, 3.05) is 25.0 Å². The fourth-order valence-electron chi connectivity index (χ4n) is 3.21. The van der Waals surface area contributed by atoms with E-state index < -0.39 is 11.6 Å². The molecule has 0 bridgehead atoms. The van der Waals surface area contributed by atoms with Crippen LogP contribution in [0.2, 0.25) is 0 Å². The quantitative estimate of drug-likeness (QED) is 0.818. The maximum atomic E-state index is 12.2. The number of aromatic nitrogens is 2. The number of carboxylic acid groups (broad SMARTS) is 1. The molecule has 2 aliphatic heterocycles. The number of nitrogens with zero attached hydrogens (tertiary/aromatic N) is 3. The van der Waals surface area contributed by atoms with Gasteiger partial charge in [-0.25, -0.2) is 14.3 Å². The summed E-state index contributed by atoms with van der Waals surface area (Å²) in [5.41, 5.74) is -0.317. The first-order chi connectivity index (χ1) is 10.8. The lowest BCUT2D eigenvalue weighted by Gasteiger charge is -2.42. The minimum atomic E-state index is -0.983. The lowest BCUT2D eigenvalue weighted by molar-refractivity contribution is 0.0107. The molecule has 2 atom stereocenters. The Morgan fingerprint density at radius 3 is 2.83 bits per heavy atom. The zero-order chi connectivity index (χ0) is 16.8. The number of amides is 1. The summed E-state index contributed by atoms with van der Waals surface area (Å²) in [7, 11) is 0. The molecule has 8 heteroatoms. The van der Waals surface area contributed by atoms with Crippen molar-refractivity contribution in [3.63, 3.8) is 0 Å². The molecule has 0 radical (unpaired) electrons. The van der Waals surface area contributed by atoms with E-state index in [1.807, 2.05) is 20.8 Å². The van der Waals surface area contributed by atoms with Crippen LogP contribution in [-0.2, 0) is 4.74 Å². The molecule has 2 aliphatic rings. The maximum Gasteiger partial charge on any atom is 0.410 e. The van der Waals surface area contributed by atoms with E-state index in [9.17, 15) is 14.7 Å². The van der Waals surface area contributed by atoms with Gasteiger partial charge in [0.1, 0.15) is 17.0 Å². The van der Waals surface area contributed by atoms with Crippen molar-refractivity contribution >= 4 is 17.9 Å². The molecule has 0 saturated carbocycles. The highest BCUT2D eigenvalue weighted by Gasteiger charge is 2.39. The molecule has 3 heterocycles. The van der Waals surface area contributed by atoms with Crippen molar-refractivity contribution < 1.29 is 19.4 Å². The minimum absolute atomic E-state index is 0.109. The Bertz CT molecular complexity index is 634. The molecule has 3 rings (SSSR count). The number of carbonyl (C=O) groups excluding carboxylic acids is 1. The summed E-state index contributed by atoms with van der Waals surface area (Å²) in [5, 5.41) is 16.6. The van der Waals surface area contributed by atoms with Crippen LogP contribution in [0.4, 0.5) is 10.6 Å². The largest absolute Gasteiger partial charge is 0.477 e. The van der Waals surface area contributed by atoms with Gasteiger partial charge in [-0.05, 0) is 27.2 Å². The van der Waals surface area contributed by atoms with Crippen molar-refractivity contribution in [1.82, 2.24) is 14.7 Å². The smallest absolute Gasteiger partial charge is 0.410 e. The molecule has 1 amide bonds. The molecule has 126 valence electrons. The molecule has 0 aromatic carbocycles. The van der Waals surface area contributed by atoms with Crippen molar-refractivity contribution in [2.24, 2.45) is 5.92 Å². The third-order valence-electron chi connectivity index (χ3n) is 4.22. The van der Waals surface area contributed by atoms with Crippen LogP contribution in [0.1, 0.15) is 43.6 Å². The Kier molecular flexibility index (Phi) is 3.69. The van der Waals surface area contributed by atoms with Crippen LogP contribution in [0.25, 0.3) is 0 Å². The van der Waals surface area contributed by atoms with Crippen LogP contribution in [0.15, 0.2) is 6.20 Å². The number of likely N-dealkylation sites (tertiary alicyclic amines) is 1. The highest BCUT2D eigenvalue weighted by Crippen LogP contribution is 2.36. The number of carboxylic acids is 1. The van der Waals surface area contributed by atoms with E-state index in [-0.39, 0.29) is 23.6 Å². The number of anilines is 1.